The normalized spacial score (nSPS) is 9.91. The molecule has 0 radical (unpaired) electrons. The van der Waals surface area contributed by atoms with Crippen LogP contribution in [-0.2, 0) is 4.79 Å². The molecular formula is C17H16ClN3O. The lowest BCUT2D eigenvalue weighted by molar-refractivity contribution is -0.114. The van der Waals surface area contributed by atoms with Gasteiger partial charge in [0, 0.05) is 0 Å². The number of hydrogen-bond acceptors (Lipinski definition) is 3. The fourth-order valence-electron chi connectivity index (χ4n) is 2.19. The first-order valence-electron chi connectivity index (χ1n) is 6.81. The highest BCUT2D eigenvalue weighted by Crippen LogP contribution is 2.27. The van der Waals surface area contributed by atoms with E-state index in [1.807, 2.05) is 32.0 Å². The standard InChI is InChI=1S/C17H16ClN3O/c1-11-7-12(2)17(14(18)8-11)20-10-16(22)21-15-6-4-3-5-13(15)9-19/h3-8,20H,10H2,1-2H3,(H,21,22). The highest BCUT2D eigenvalue weighted by molar-refractivity contribution is 6.33. The van der Waals surface area contributed by atoms with Crippen LogP contribution >= 0.6 is 11.6 Å². The van der Waals surface area contributed by atoms with E-state index < -0.39 is 0 Å². The molecule has 0 saturated heterocycles. The minimum Gasteiger partial charge on any atom is -0.375 e. The first-order valence-corrected chi connectivity index (χ1v) is 7.18. The van der Waals surface area contributed by atoms with Crippen molar-refractivity contribution in [1.29, 1.82) is 5.26 Å². The van der Waals surface area contributed by atoms with Crippen LogP contribution in [-0.4, -0.2) is 12.5 Å². The smallest absolute Gasteiger partial charge is 0.243 e. The molecule has 2 rings (SSSR count). The van der Waals surface area contributed by atoms with E-state index in [4.69, 9.17) is 16.9 Å². The summed E-state index contributed by atoms with van der Waals surface area (Å²) in [7, 11) is 0. The molecule has 0 aliphatic rings. The summed E-state index contributed by atoms with van der Waals surface area (Å²) < 4.78 is 0. The van der Waals surface area contributed by atoms with Gasteiger partial charge in [0.1, 0.15) is 6.07 Å². The Morgan fingerprint density at radius 1 is 1.27 bits per heavy atom. The predicted molar refractivity (Wildman–Crippen MR) is 89.2 cm³/mol. The molecule has 0 saturated carbocycles. The SMILES string of the molecule is Cc1cc(C)c(NCC(=O)Nc2ccccc2C#N)c(Cl)c1. The number of nitrogens with zero attached hydrogens (tertiary/aromatic N) is 1. The number of anilines is 2. The van der Waals surface area contributed by atoms with Crippen LogP contribution in [0.25, 0.3) is 0 Å². The molecule has 1 amide bonds. The van der Waals surface area contributed by atoms with Crippen LogP contribution in [0.15, 0.2) is 36.4 Å². The van der Waals surface area contributed by atoms with E-state index in [-0.39, 0.29) is 12.5 Å². The van der Waals surface area contributed by atoms with Gasteiger partial charge in [-0.3, -0.25) is 4.79 Å². The number of nitrogens with one attached hydrogen (secondary N) is 2. The average Bonchev–Trinajstić information content (AvgIpc) is 2.46. The molecule has 0 atom stereocenters. The number of carbonyl (C=O) groups is 1. The van der Waals surface area contributed by atoms with Crippen LogP contribution in [0.2, 0.25) is 5.02 Å². The molecule has 0 heterocycles. The van der Waals surface area contributed by atoms with Crippen LogP contribution in [0, 0.1) is 25.2 Å². The summed E-state index contributed by atoms with van der Waals surface area (Å²) in [5, 5.41) is 15.3. The van der Waals surface area contributed by atoms with Crippen molar-refractivity contribution < 1.29 is 4.79 Å². The van der Waals surface area contributed by atoms with E-state index >= 15 is 0 Å². The Hall–Kier alpha value is -2.51. The largest absolute Gasteiger partial charge is 0.375 e. The van der Waals surface area contributed by atoms with E-state index in [2.05, 4.69) is 10.6 Å². The lowest BCUT2D eigenvalue weighted by atomic mass is 10.1. The molecule has 0 fully saturated rings. The van der Waals surface area contributed by atoms with Crippen LogP contribution in [0.3, 0.4) is 0 Å². The van der Waals surface area contributed by atoms with E-state index in [1.54, 1.807) is 24.3 Å². The minimum atomic E-state index is -0.237. The summed E-state index contributed by atoms with van der Waals surface area (Å²) in [5.41, 5.74) is 3.73. The minimum absolute atomic E-state index is 0.0728. The molecule has 4 nitrogen and oxygen atoms in total. The molecule has 0 unspecified atom stereocenters. The topological polar surface area (TPSA) is 64.9 Å². The molecule has 22 heavy (non-hydrogen) atoms. The lowest BCUT2D eigenvalue weighted by Crippen LogP contribution is -2.22. The summed E-state index contributed by atoms with van der Waals surface area (Å²) in [6.07, 6.45) is 0. The molecule has 0 bridgehead atoms. The fourth-order valence-corrected chi connectivity index (χ4v) is 2.58. The molecular weight excluding hydrogens is 298 g/mol. The monoisotopic (exact) mass is 313 g/mol. The molecule has 0 aromatic heterocycles. The number of rotatable bonds is 4. The van der Waals surface area contributed by atoms with Crippen molar-refractivity contribution in [2.75, 3.05) is 17.2 Å². The number of amides is 1. The van der Waals surface area contributed by atoms with Gasteiger partial charge < -0.3 is 10.6 Å². The first-order chi connectivity index (χ1) is 10.5. The van der Waals surface area contributed by atoms with Gasteiger partial charge in [0.25, 0.3) is 0 Å². The maximum Gasteiger partial charge on any atom is 0.243 e. The van der Waals surface area contributed by atoms with Crippen molar-refractivity contribution in [3.63, 3.8) is 0 Å². The summed E-state index contributed by atoms with van der Waals surface area (Å²) in [4.78, 5) is 12.0. The van der Waals surface area contributed by atoms with Crippen molar-refractivity contribution in [3.8, 4) is 6.07 Å². The van der Waals surface area contributed by atoms with E-state index in [0.717, 1.165) is 16.8 Å². The molecule has 2 N–H and O–H groups in total. The Morgan fingerprint density at radius 3 is 2.68 bits per heavy atom. The summed E-state index contributed by atoms with van der Waals surface area (Å²) in [6.45, 7) is 3.97. The van der Waals surface area contributed by atoms with Crippen molar-refractivity contribution >= 4 is 28.9 Å². The molecule has 112 valence electrons. The molecule has 2 aromatic carbocycles. The maximum atomic E-state index is 12.0. The number of halogens is 1. The molecule has 2 aromatic rings. The zero-order valence-electron chi connectivity index (χ0n) is 12.4. The summed E-state index contributed by atoms with van der Waals surface area (Å²) in [6, 6.07) is 12.8. The third-order valence-electron chi connectivity index (χ3n) is 3.18. The number of carbonyl (C=O) groups excluding carboxylic acids is 1. The Balaban J connectivity index is 2.04. The van der Waals surface area contributed by atoms with Crippen molar-refractivity contribution in [3.05, 3.63) is 58.1 Å². The fraction of sp³-hybridized carbons (Fsp3) is 0.176. The number of para-hydroxylation sites is 1. The summed E-state index contributed by atoms with van der Waals surface area (Å²) >= 11 is 6.19. The Morgan fingerprint density at radius 2 is 2.00 bits per heavy atom. The van der Waals surface area contributed by atoms with Gasteiger partial charge in [-0.2, -0.15) is 5.26 Å². The Labute approximate surface area is 134 Å². The van der Waals surface area contributed by atoms with Gasteiger partial charge in [0.05, 0.1) is 28.5 Å². The van der Waals surface area contributed by atoms with Gasteiger partial charge in [-0.25, -0.2) is 0 Å². The lowest BCUT2D eigenvalue weighted by Gasteiger charge is -2.13. The quantitative estimate of drug-likeness (QED) is 0.900. The zero-order valence-corrected chi connectivity index (χ0v) is 13.2. The highest BCUT2D eigenvalue weighted by Gasteiger charge is 2.09. The van der Waals surface area contributed by atoms with Crippen LogP contribution in [0.1, 0.15) is 16.7 Å². The van der Waals surface area contributed by atoms with E-state index in [0.29, 0.717) is 16.3 Å². The van der Waals surface area contributed by atoms with Crippen LogP contribution in [0.4, 0.5) is 11.4 Å². The Kier molecular flexibility index (Phi) is 5.03. The number of nitriles is 1. The van der Waals surface area contributed by atoms with Crippen LogP contribution < -0.4 is 10.6 Å². The average molecular weight is 314 g/mol. The van der Waals surface area contributed by atoms with Crippen LogP contribution in [0.5, 0.6) is 0 Å². The molecule has 0 aliphatic carbocycles. The van der Waals surface area contributed by atoms with Crippen molar-refractivity contribution in [1.82, 2.24) is 0 Å². The maximum absolute atomic E-state index is 12.0. The second-order valence-corrected chi connectivity index (χ2v) is 5.40. The van der Waals surface area contributed by atoms with E-state index in [9.17, 15) is 4.79 Å². The zero-order chi connectivity index (χ0) is 16.1. The van der Waals surface area contributed by atoms with E-state index in [1.165, 1.54) is 0 Å². The number of benzene rings is 2. The van der Waals surface area contributed by atoms with Gasteiger partial charge in [0.15, 0.2) is 0 Å². The van der Waals surface area contributed by atoms with Gasteiger partial charge in [-0.15, -0.1) is 0 Å². The number of aryl methyl sites for hydroxylation is 2. The number of hydrogen-bond donors (Lipinski definition) is 2. The third kappa shape index (κ3) is 3.78. The molecule has 0 spiro atoms. The van der Waals surface area contributed by atoms with Crippen molar-refractivity contribution in [2.45, 2.75) is 13.8 Å². The second kappa shape index (κ2) is 6.97. The molecule has 5 heteroatoms. The third-order valence-corrected chi connectivity index (χ3v) is 3.48. The first kappa shape index (κ1) is 15.9. The predicted octanol–water partition coefficient (Wildman–Crippen LogP) is 3.88. The van der Waals surface area contributed by atoms with Gasteiger partial charge in [-0.05, 0) is 43.2 Å². The second-order valence-electron chi connectivity index (χ2n) is 5.00. The summed E-state index contributed by atoms with van der Waals surface area (Å²) in [5.74, 6) is -0.237. The highest BCUT2D eigenvalue weighted by atomic mass is 35.5. The van der Waals surface area contributed by atoms with Gasteiger partial charge in [-0.1, -0.05) is 29.8 Å². The van der Waals surface area contributed by atoms with Crippen molar-refractivity contribution in [2.24, 2.45) is 0 Å². The van der Waals surface area contributed by atoms with Gasteiger partial charge in [0.2, 0.25) is 5.91 Å². The van der Waals surface area contributed by atoms with Gasteiger partial charge >= 0.3 is 0 Å². The Bertz CT molecular complexity index is 727. The molecule has 0 aliphatic heterocycles.